The van der Waals surface area contributed by atoms with E-state index in [1.807, 2.05) is 4.90 Å². The van der Waals surface area contributed by atoms with Gasteiger partial charge in [-0.3, -0.25) is 9.36 Å². The van der Waals surface area contributed by atoms with Crippen LogP contribution in [0.5, 0.6) is 0 Å². The minimum atomic E-state index is -2.80. The Balaban J connectivity index is 1.20. The van der Waals surface area contributed by atoms with Gasteiger partial charge >= 0.3 is 6.09 Å². The van der Waals surface area contributed by atoms with Crippen molar-refractivity contribution in [2.24, 2.45) is 5.92 Å². The van der Waals surface area contributed by atoms with E-state index in [4.69, 9.17) is 14.5 Å². The Kier molecular flexibility index (Phi) is 7.56. The molecule has 12 nitrogen and oxygen atoms in total. The molecule has 2 amide bonds. The van der Waals surface area contributed by atoms with Crippen LogP contribution in [0, 0.1) is 5.92 Å². The number of carbonyl (C=O) groups is 2. The molecule has 0 aliphatic carbocycles. The molecule has 0 bridgehead atoms. The van der Waals surface area contributed by atoms with Gasteiger partial charge in [-0.05, 0) is 25.0 Å². The normalized spacial score (nSPS) is 18.6. The summed E-state index contributed by atoms with van der Waals surface area (Å²) >= 11 is 0. The average Bonchev–Trinajstić information content (AvgIpc) is 3.39. The van der Waals surface area contributed by atoms with E-state index in [1.165, 1.54) is 11.7 Å². The molecule has 1 N–H and O–H groups in total. The molecule has 3 aliphatic heterocycles. The van der Waals surface area contributed by atoms with Gasteiger partial charge in [-0.2, -0.15) is 9.97 Å². The first-order chi connectivity index (χ1) is 19.9. The number of anilines is 2. The number of fused-ring (bicyclic) bond motifs is 1. The van der Waals surface area contributed by atoms with E-state index in [2.05, 4.69) is 15.3 Å². The predicted molar refractivity (Wildman–Crippen MR) is 145 cm³/mol. The lowest BCUT2D eigenvalue weighted by atomic mass is 9.93. The fraction of sp³-hybridized carbons (Fsp3) is 0.519. The third kappa shape index (κ3) is 5.47. The Morgan fingerprint density at radius 1 is 1.02 bits per heavy atom. The van der Waals surface area contributed by atoms with E-state index in [1.54, 1.807) is 40.1 Å². The number of para-hydroxylation sites is 2. The molecule has 0 unspecified atom stereocenters. The number of nitrogens with zero attached hydrogens (tertiary/aromatic N) is 7. The fourth-order valence-electron chi connectivity index (χ4n) is 5.60. The van der Waals surface area contributed by atoms with E-state index < -0.39 is 6.43 Å². The highest BCUT2D eigenvalue weighted by Gasteiger charge is 2.37. The average molecular weight is 571 g/mol. The number of nitrogens with one attached hydrogen (secondary N) is 1. The van der Waals surface area contributed by atoms with Gasteiger partial charge in [-0.15, -0.1) is 0 Å². The number of methoxy groups -OCH3 is 1. The van der Waals surface area contributed by atoms with Crippen LogP contribution >= 0.6 is 0 Å². The van der Waals surface area contributed by atoms with Gasteiger partial charge < -0.3 is 29.5 Å². The van der Waals surface area contributed by atoms with Gasteiger partial charge in [-0.1, -0.05) is 12.1 Å². The zero-order chi connectivity index (χ0) is 28.5. The first kappa shape index (κ1) is 27.1. The molecule has 41 heavy (non-hydrogen) atoms. The van der Waals surface area contributed by atoms with Crippen LogP contribution in [0.4, 0.5) is 25.3 Å². The van der Waals surface area contributed by atoms with Crippen molar-refractivity contribution in [3.8, 4) is 5.82 Å². The SMILES string of the molecule is COC(=O)N1CCC(C(=O)N2CC(Nc3cc(-n4c(C(F)F)nc5ccccc54)nc(N4CCOCC4)n3)C2)CC1. The summed E-state index contributed by atoms with van der Waals surface area (Å²) in [4.78, 5) is 43.7. The van der Waals surface area contributed by atoms with E-state index in [0.717, 1.165) is 0 Å². The Labute approximate surface area is 235 Å². The number of benzene rings is 1. The monoisotopic (exact) mass is 570 g/mol. The first-order valence-electron chi connectivity index (χ1n) is 13.8. The van der Waals surface area contributed by atoms with Crippen LogP contribution in [-0.2, 0) is 14.3 Å². The zero-order valence-corrected chi connectivity index (χ0v) is 22.7. The molecule has 3 saturated heterocycles. The van der Waals surface area contributed by atoms with Crippen LogP contribution in [0.15, 0.2) is 30.3 Å². The molecule has 0 spiro atoms. The summed E-state index contributed by atoms with van der Waals surface area (Å²) in [5.74, 6) is 0.753. The number of hydrogen-bond donors (Lipinski definition) is 1. The predicted octanol–water partition coefficient (Wildman–Crippen LogP) is 2.69. The van der Waals surface area contributed by atoms with Crippen molar-refractivity contribution < 1.29 is 27.8 Å². The van der Waals surface area contributed by atoms with Crippen molar-refractivity contribution in [1.82, 2.24) is 29.3 Å². The smallest absolute Gasteiger partial charge is 0.409 e. The van der Waals surface area contributed by atoms with Crippen molar-refractivity contribution in [3.05, 3.63) is 36.2 Å². The number of hydrogen-bond acceptors (Lipinski definition) is 9. The highest BCUT2D eigenvalue weighted by Crippen LogP contribution is 2.30. The minimum Gasteiger partial charge on any atom is -0.453 e. The van der Waals surface area contributed by atoms with Crippen LogP contribution in [-0.4, -0.2) is 107 Å². The van der Waals surface area contributed by atoms with Gasteiger partial charge in [0.25, 0.3) is 6.43 Å². The molecule has 3 aliphatic rings. The molecular formula is C27H32F2N8O4. The summed E-state index contributed by atoms with van der Waals surface area (Å²) in [6.07, 6.45) is -1.96. The Morgan fingerprint density at radius 2 is 1.76 bits per heavy atom. The number of piperidine rings is 1. The molecule has 0 saturated carbocycles. The van der Waals surface area contributed by atoms with Crippen molar-refractivity contribution in [1.29, 1.82) is 0 Å². The van der Waals surface area contributed by atoms with E-state index in [-0.39, 0.29) is 35.6 Å². The number of likely N-dealkylation sites (tertiary alicyclic amines) is 2. The molecule has 14 heteroatoms. The van der Waals surface area contributed by atoms with E-state index in [0.29, 0.717) is 88.1 Å². The number of alkyl halides is 2. The number of amides is 2. The van der Waals surface area contributed by atoms with Crippen molar-refractivity contribution >= 4 is 34.8 Å². The molecule has 0 radical (unpaired) electrons. The Bertz CT molecular complexity index is 1420. The van der Waals surface area contributed by atoms with Crippen LogP contribution < -0.4 is 10.2 Å². The Morgan fingerprint density at radius 3 is 2.46 bits per heavy atom. The van der Waals surface area contributed by atoms with E-state index in [9.17, 15) is 18.4 Å². The largest absolute Gasteiger partial charge is 0.453 e. The molecular weight excluding hydrogens is 538 g/mol. The van der Waals surface area contributed by atoms with Gasteiger partial charge in [0.15, 0.2) is 5.82 Å². The second-order valence-electron chi connectivity index (χ2n) is 10.4. The lowest BCUT2D eigenvalue weighted by Gasteiger charge is -2.42. The van der Waals surface area contributed by atoms with Crippen LogP contribution in [0.25, 0.3) is 16.9 Å². The second-order valence-corrected chi connectivity index (χ2v) is 10.4. The maximum Gasteiger partial charge on any atom is 0.409 e. The highest BCUT2D eigenvalue weighted by atomic mass is 19.3. The minimum absolute atomic E-state index is 0.0523. The maximum absolute atomic E-state index is 14.1. The number of halogens is 2. The number of ether oxygens (including phenoxy) is 2. The molecule has 218 valence electrons. The molecule has 3 fully saturated rings. The molecule has 2 aromatic heterocycles. The summed E-state index contributed by atoms with van der Waals surface area (Å²) in [6, 6.07) is 8.56. The van der Waals surface area contributed by atoms with E-state index >= 15 is 0 Å². The molecule has 1 aromatic carbocycles. The number of imidazole rings is 1. The second kappa shape index (κ2) is 11.4. The maximum atomic E-state index is 14.1. The number of carbonyl (C=O) groups excluding carboxylic acids is 2. The summed E-state index contributed by atoms with van der Waals surface area (Å²) < 4.78 is 39.8. The Hall–Kier alpha value is -4.07. The van der Waals surface area contributed by atoms with Gasteiger partial charge in [0, 0.05) is 51.3 Å². The van der Waals surface area contributed by atoms with Crippen molar-refractivity contribution in [3.63, 3.8) is 0 Å². The van der Waals surface area contributed by atoms with Gasteiger partial charge in [0.2, 0.25) is 11.9 Å². The van der Waals surface area contributed by atoms with Crippen molar-refractivity contribution in [2.75, 3.05) is 69.8 Å². The van der Waals surface area contributed by atoms with Crippen LogP contribution in [0.1, 0.15) is 25.1 Å². The highest BCUT2D eigenvalue weighted by molar-refractivity contribution is 5.81. The molecule has 0 atom stereocenters. The standard InChI is InChI=1S/C27H32F2N8O4/c1-40-27(39)35-8-6-17(7-9-35)25(38)36-15-18(16-36)30-21-14-22(33-26(32-21)34-10-12-41-13-11-34)37-20-5-3-2-4-19(20)31-24(37)23(28)29/h2-5,14,17-18,23H,6-13,15-16H2,1H3,(H,30,32,33). The lowest BCUT2D eigenvalue weighted by Crippen LogP contribution is -2.59. The zero-order valence-electron chi connectivity index (χ0n) is 22.7. The number of aromatic nitrogens is 4. The number of morpholine rings is 1. The van der Waals surface area contributed by atoms with Gasteiger partial charge in [-0.25, -0.2) is 18.6 Å². The van der Waals surface area contributed by atoms with Crippen LogP contribution in [0.3, 0.4) is 0 Å². The summed E-state index contributed by atoms with van der Waals surface area (Å²) in [5, 5.41) is 3.38. The number of rotatable bonds is 6. The molecule has 6 rings (SSSR count). The first-order valence-corrected chi connectivity index (χ1v) is 13.8. The topological polar surface area (TPSA) is 118 Å². The molecule has 3 aromatic rings. The third-order valence-corrected chi connectivity index (χ3v) is 7.83. The van der Waals surface area contributed by atoms with Crippen molar-refractivity contribution in [2.45, 2.75) is 25.3 Å². The van der Waals surface area contributed by atoms with Gasteiger partial charge in [0.05, 0.1) is 37.4 Å². The van der Waals surface area contributed by atoms with Crippen LogP contribution in [0.2, 0.25) is 0 Å². The third-order valence-electron chi connectivity index (χ3n) is 7.83. The summed E-state index contributed by atoms with van der Waals surface area (Å²) in [5.41, 5.74) is 0.980. The quantitative estimate of drug-likeness (QED) is 0.477. The summed E-state index contributed by atoms with van der Waals surface area (Å²) in [6.45, 7) is 4.19. The fourth-order valence-corrected chi connectivity index (χ4v) is 5.60. The lowest BCUT2D eigenvalue weighted by molar-refractivity contribution is -0.141. The summed E-state index contributed by atoms with van der Waals surface area (Å²) in [7, 11) is 1.35. The molecule has 5 heterocycles. The van der Waals surface area contributed by atoms with Gasteiger partial charge in [0.1, 0.15) is 11.6 Å².